The molecule has 1 heteroatoms. The van der Waals surface area contributed by atoms with Crippen molar-refractivity contribution in [3.63, 3.8) is 0 Å². The summed E-state index contributed by atoms with van der Waals surface area (Å²) < 4.78 is 5.73. The fourth-order valence-electron chi connectivity index (χ4n) is 5.43. The Morgan fingerprint density at radius 2 is 1.38 bits per heavy atom. The molecule has 0 aromatic heterocycles. The number of rotatable bonds is 9. The van der Waals surface area contributed by atoms with Gasteiger partial charge in [0, 0.05) is 0 Å². The molecule has 3 rings (SSSR count). The van der Waals surface area contributed by atoms with Gasteiger partial charge in [0.2, 0.25) is 0 Å². The molecular formula is C28H42O. The van der Waals surface area contributed by atoms with Gasteiger partial charge in [-0.05, 0) is 99.0 Å². The maximum Gasteiger partial charge on any atom is 0.0721 e. The molecule has 29 heavy (non-hydrogen) atoms. The first-order chi connectivity index (χ1) is 14.3. The Bertz CT molecular complexity index is 610. The third kappa shape index (κ3) is 7.14. The van der Waals surface area contributed by atoms with Crippen LogP contribution in [0.4, 0.5) is 0 Å². The molecule has 0 unspecified atom stereocenters. The van der Waals surface area contributed by atoms with Crippen LogP contribution < -0.4 is 0 Å². The summed E-state index contributed by atoms with van der Waals surface area (Å²) >= 11 is 0. The van der Waals surface area contributed by atoms with Crippen LogP contribution in [0.5, 0.6) is 0 Å². The average Bonchev–Trinajstić information content (AvgIpc) is 2.78. The van der Waals surface area contributed by atoms with Gasteiger partial charge < -0.3 is 4.74 Å². The van der Waals surface area contributed by atoms with Gasteiger partial charge in [0.1, 0.15) is 0 Å². The van der Waals surface area contributed by atoms with E-state index in [1.807, 2.05) is 0 Å². The molecule has 160 valence electrons. The second-order valence-corrected chi connectivity index (χ2v) is 9.26. The topological polar surface area (TPSA) is 9.23 Å². The largest absolute Gasteiger partial charge is 0.373 e. The maximum absolute atomic E-state index is 5.73. The number of ether oxygens (including phenoxy) is 1. The van der Waals surface area contributed by atoms with Crippen molar-refractivity contribution >= 4 is 0 Å². The zero-order chi connectivity index (χ0) is 20.3. The van der Waals surface area contributed by atoms with E-state index in [1.54, 1.807) is 5.56 Å². The third-order valence-electron chi connectivity index (χ3n) is 7.24. The first-order valence-electron chi connectivity index (χ1n) is 12.3. The van der Waals surface area contributed by atoms with Crippen LogP contribution in [0.3, 0.4) is 0 Å². The zero-order valence-corrected chi connectivity index (χ0v) is 18.8. The molecule has 2 aliphatic carbocycles. The lowest BCUT2D eigenvalue weighted by Gasteiger charge is -2.37. The van der Waals surface area contributed by atoms with Crippen molar-refractivity contribution in [1.82, 2.24) is 0 Å². The Hall–Kier alpha value is -1.34. The number of hydrogen-bond acceptors (Lipinski definition) is 1. The first kappa shape index (κ1) is 22.3. The van der Waals surface area contributed by atoms with E-state index in [2.05, 4.69) is 62.4 Å². The van der Waals surface area contributed by atoms with Crippen LogP contribution in [0.25, 0.3) is 0 Å². The summed E-state index contributed by atoms with van der Waals surface area (Å²) in [6.45, 7) is 5.83. The highest BCUT2D eigenvalue weighted by Gasteiger charge is 2.30. The lowest BCUT2D eigenvalue weighted by atomic mass is 9.68. The fourth-order valence-corrected chi connectivity index (χ4v) is 5.43. The molecule has 1 nitrogen and oxygen atoms in total. The third-order valence-corrected chi connectivity index (χ3v) is 7.24. The van der Waals surface area contributed by atoms with Gasteiger partial charge in [-0.2, -0.15) is 0 Å². The van der Waals surface area contributed by atoms with Crippen LogP contribution in [0.1, 0.15) is 95.1 Å². The molecule has 0 bridgehead atoms. The van der Waals surface area contributed by atoms with Gasteiger partial charge in [0.15, 0.2) is 0 Å². The zero-order valence-electron chi connectivity index (χ0n) is 18.8. The minimum absolute atomic E-state index is 0.719. The Morgan fingerprint density at radius 1 is 0.759 bits per heavy atom. The second kappa shape index (κ2) is 12.4. The Labute approximate surface area is 179 Å². The van der Waals surface area contributed by atoms with Crippen molar-refractivity contribution in [2.24, 2.45) is 17.8 Å². The van der Waals surface area contributed by atoms with Crippen molar-refractivity contribution in [3.8, 4) is 0 Å². The Kier molecular flexibility index (Phi) is 9.54. The van der Waals surface area contributed by atoms with E-state index in [4.69, 9.17) is 4.74 Å². The number of hydrogen-bond donors (Lipinski definition) is 0. The molecule has 0 spiro atoms. The maximum atomic E-state index is 5.73. The molecule has 2 fully saturated rings. The summed E-state index contributed by atoms with van der Waals surface area (Å²) in [5, 5.41) is 0. The molecule has 1 aromatic rings. The van der Waals surface area contributed by atoms with E-state index in [0.717, 1.165) is 43.3 Å². The van der Waals surface area contributed by atoms with E-state index in [0.29, 0.717) is 0 Å². The first-order valence-corrected chi connectivity index (χ1v) is 12.3. The fraction of sp³-hybridized carbons (Fsp3) is 0.643. The smallest absolute Gasteiger partial charge is 0.0721 e. The van der Waals surface area contributed by atoms with Crippen LogP contribution in [0.2, 0.25) is 0 Å². The predicted octanol–water partition coefficient (Wildman–Crippen LogP) is 8.22. The van der Waals surface area contributed by atoms with Gasteiger partial charge in [-0.3, -0.25) is 0 Å². The van der Waals surface area contributed by atoms with Crippen molar-refractivity contribution < 1.29 is 4.74 Å². The minimum atomic E-state index is 0.719. The molecule has 0 radical (unpaired) electrons. The summed E-state index contributed by atoms with van der Waals surface area (Å²) in [6.07, 6.45) is 22.9. The molecular weight excluding hydrogens is 352 g/mol. The van der Waals surface area contributed by atoms with Gasteiger partial charge in [-0.1, -0.05) is 62.4 Å². The van der Waals surface area contributed by atoms with E-state index >= 15 is 0 Å². The molecule has 1 aromatic carbocycles. The predicted molar refractivity (Wildman–Crippen MR) is 125 cm³/mol. The standard InChI is InChI=1S/C28H42O/c1-3-5-7-21-29-22-24-11-15-26(16-12-24)28-19-17-27(18-20-28)25-13-9-23(10-14-25)8-6-4-2/h5-8,11-12,15-16,23,25,27-28H,3-4,9-10,13-14,17-22H2,1-2H3/t23-,25-,27-,28-. The molecule has 0 heterocycles. The van der Waals surface area contributed by atoms with Crippen LogP contribution in [0, 0.1) is 17.8 Å². The lowest BCUT2D eigenvalue weighted by molar-refractivity contribution is 0.148. The van der Waals surface area contributed by atoms with E-state index in [-0.39, 0.29) is 0 Å². The van der Waals surface area contributed by atoms with Crippen molar-refractivity contribution in [2.45, 2.75) is 90.6 Å². The second-order valence-electron chi connectivity index (χ2n) is 9.26. The molecule has 0 N–H and O–H groups in total. The number of allylic oxidation sites excluding steroid dienone is 3. The van der Waals surface area contributed by atoms with Crippen molar-refractivity contribution in [2.75, 3.05) is 6.61 Å². The number of benzene rings is 1. The van der Waals surface area contributed by atoms with Gasteiger partial charge in [0.05, 0.1) is 13.2 Å². The summed E-state index contributed by atoms with van der Waals surface area (Å²) in [5.41, 5.74) is 2.84. The SMILES string of the molecule is CCC=CCOCc1ccc([C@H]2CC[C@H]([C@H]3CC[C@H](C=CCC)CC3)CC2)cc1. The van der Waals surface area contributed by atoms with Crippen LogP contribution in [0.15, 0.2) is 48.6 Å². The van der Waals surface area contributed by atoms with Gasteiger partial charge in [-0.15, -0.1) is 0 Å². The highest BCUT2D eigenvalue weighted by Crippen LogP contribution is 2.44. The summed E-state index contributed by atoms with van der Waals surface area (Å²) in [4.78, 5) is 0. The van der Waals surface area contributed by atoms with Gasteiger partial charge in [0.25, 0.3) is 0 Å². The quantitative estimate of drug-likeness (QED) is 0.303. The lowest BCUT2D eigenvalue weighted by Crippen LogP contribution is -2.25. The van der Waals surface area contributed by atoms with Crippen LogP contribution in [-0.2, 0) is 11.3 Å². The highest BCUT2D eigenvalue weighted by molar-refractivity contribution is 5.25. The van der Waals surface area contributed by atoms with E-state index < -0.39 is 0 Å². The molecule has 0 atom stereocenters. The molecule has 0 saturated heterocycles. The van der Waals surface area contributed by atoms with Crippen molar-refractivity contribution in [1.29, 1.82) is 0 Å². The Morgan fingerprint density at radius 3 is 2.00 bits per heavy atom. The monoisotopic (exact) mass is 394 g/mol. The molecule has 0 aliphatic heterocycles. The van der Waals surface area contributed by atoms with Crippen LogP contribution in [-0.4, -0.2) is 6.61 Å². The van der Waals surface area contributed by atoms with E-state index in [1.165, 1.54) is 63.4 Å². The van der Waals surface area contributed by atoms with Crippen LogP contribution >= 0.6 is 0 Å². The van der Waals surface area contributed by atoms with Gasteiger partial charge in [-0.25, -0.2) is 0 Å². The van der Waals surface area contributed by atoms with E-state index in [9.17, 15) is 0 Å². The Balaban J connectivity index is 1.39. The summed E-state index contributed by atoms with van der Waals surface area (Å²) in [6, 6.07) is 9.26. The normalized spacial score (nSPS) is 28.3. The minimum Gasteiger partial charge on any atom is -0.373 e. The molecule has 2 saturated carbocycles. The highest BCUT2D eigenvalue weighted by atomic mass is 16.5. The van der Waals surface area contributed by atoms with Crippen molar-refractivity contribution in [3.05, 3.63) is 59.7 Å². The molecule has 2 aliphatic rings. The summed E-state index contributed by atoms with van der Waals surface area (Å²) in [7, 11) is 0. The molecule has 0 amide bonds. The summed E-state index contributed by atoms with van der Waals surface area (Å²) in [5.74, 6) is 3.64. The average molecular weight is 395 g/mol. The van der Waals surface area contributed by atoms with Gasteiger partial charge >= 0.3 is 0 Å².